The van der Waals surface area contributed by atoms with Crippen LogP contribution < -0.4 is 9.47 Å². The highest BCUT2D eigenvalue weighted by Crippen LogP contribution is 2.32. The zero-order valence-corrected chi connectivity index (χ0v) is 11.8. The molecule has 0 saturated heterocycles. The Hall–Kier alpha value is -2.15. The second kappa shape index (κ2) is 5.87. The monoisotopic (exact) mass is 295 g/mol. The van der Waals surface area contributed by atoms with Crippen LogP contribution in [0.1, 0.15) is 11.1 Å². The predicted octanol–water partition coefficient (Wildman–Crippen LogP) is 2.41. The normalized spacial score (nSPS) is 11.9. The number of carboxylic acid groups (broad SMARTS) is 1. The third-order valence-corrected chi connectivity index (χ3v) is 3.11. The number of aromatic nitrogens is 1. The molecule has 106 valence electrons. The molecular formula is C13H13NO5S. The number of hydrogen-bond donors (Lipinski definition) is 2. The van der Waals surface area contributed by atoms with Gasteiger partial charge >= 0.3 is 5.97 Å². The molecule has 1 aromatic heterocycles. The molecule has 0 aliphatic rings. The van der Waals surface area contributed by atoms with E-state index in [0.29, 0.717) is 17.2 Å². The van der Waals surface area contributed by atoms with Crippen molar-refractivity contribution in [2.45, 2.75) is 5.25 Å². The maximum atomic E-state index is 10.8. The summed E-state index contributed by atoms with van der Waals surface area (Å²) >= 11 is 3.91. The molecule has 2 rings (SSSR count). The molecule has 1 unspecified atom stereocenters. The standard InChI is InChI=1S/C13H13NO5S/c1-17-9-4-3-7(5-10(9)18-2)8-6-19-12(14-8)11(20)13(15)16/h3-6,11,20H,1-2H3,(H,15,16). The van der Waals surface area contributed by atoms with Gasteiger partial charge in [0.1, 0.15) is 12.0 Å². The van der Waals surface area contributed by atoms with E-state index in [1.165, 1.54) is 13.4 Å². The highest BCUT2D eigenvalue weighted by Gasteiger charge is 2.21. The van der Waals surface area contributed by atoms with Crippen LogP contribution in [-0.2, 0) is 4.79 Å². The lowest BCUT2D eigenvalue weighted by atomic mass is 10.1. The van der Waals surface area contributed by atoms with E-state index in [4.69, 9.17) is 19.0 Å². The van der Waals surface area contributed by atoms with Gasteiger partial charge in [-0.25, -0.2) is 4.98 Å². The highest BCUT2D eigenvalue weighted by atomic mass is 32.1. The third kappa shape index (κ3) is 2.72. The first-order chi connectivity index (χ1) is 9.56. The van der Waals surface area contributed by atoms with E-state index in [-0.39, 0.29) is 5.89 Å². The summed E-state index contributed by atoms with van der Waals surface area (Å²) in [6, 6.07) is 5.24. The second-order valence-electron chi connectivity index (χ2n) is 3.88. The number of hydrogen-bond acceptors (Lipinski definition) is 6. The highest BCUT2D eigenvalue weighted by molar-refractivity contribution is 7.81. The van der Waals surface area contributed by atoms with Gasteiger partial charge in [0.2, 0.25) is 5.89 Å². The summed E-state index contributed by atoms with van der Waals surface area (Å²) in [5, 5.41) is 7.76. The number of methoxy groups -OCH3 is 2. The average Bonchev–Trinajstić information content (AvgIpc) is 2.95. The molecule has 0 spiro atoms. The lowest BCUT2D eigenvalue weighted by Gasteiger charge is -2.08. The van der Waals surface area contributed by atoms with Crippen molar-refractivity contribution in [3.63, 3.8) is 0 Å². The van der Waals surface area contributed by atoms with Crippen molar-refractivity contribution in [2.24, 2.45) is 0 Å². The van der Waals surface area contributed by atoms with Crippen LogP contribution in [0.3, 0.4) is 0 Å². The molecule has 0 bridgehead atoms. The van der Waals surface area contributed by atoms with Gasteiger partial charge in [-0.1, -0.05) is 0 Å². The quantitative estimate of drug-likeness (QED) is 0.824. The van der Waals surface area contributed by atoms with Crippen molar-refractivity contribution >= 4 is 18.6 Å². The van der Waals surface area contributed by atoms with Crippen molar-refractivity contribution in [2.75, 3.05) is 14.2 Å². The van der Waals surface area contributed by atoms with Gasteiger partial charge in [-0.3, -0.25) is 4.79 Å². The summed E-state index contributed by atoms with van der Waals surface area (Å²) < 4.78 is 15.5. The molecule has 6 nitrogen and oxygen atoms in total. The van der Waals surface area contributed by atoms with Crippen molar-refractivity contribution in [1.82, 2.24) is 4.98 Å². The summed E-state index contributed by atoms with van der Waals surface area (Å²) in [7, 11) is 3.08. The molecule has 1 atom stereocenters. The lowest BCUT2D eigenvalue weighted by Crippen LogP contribution is -2.05. The maximum Gasteiger partial charge on any atom is 0.325 e. The number of nitrogens with zero attached hydrogens (tertiary/aromatic N) is 1. The van der Waals surface area contributed by atoms with E-state index < -0.39 is 11.2 Å². The van der Waals surface area contributed by atoms with Crippen LogP contribution in [0.25, 0.3) is 11.3 Å². The Labute approximate surface area is 120 Å². The summed E-state index contributed by atoms with van der Waals surface area (Å²) in [6.07, 6.45) is 1.38. The molecule has 7 heteroatoms. The van der Waals surface area contributed by atoms with E-state index in [2.05, 4.69) is 17.6 Å². The first-order valence-electron chi connectivity index (χ1n) is 5.65. The van der Waals surface area contributed by atoms with Gasteiger partial charge < -0.3 is 19.0 Å². The fourth-order valence-electron chi connectivity index (χ4n) is 1.65. The third-order valence-electron chi connectivity index (χ3n) is 2.67. The second-order valence-corrected chi connectivity index (χ2v) is 4.40. The smallest absolute Gasteiger partial charge is 0.325 e. The Morgan fingerprint density at radius 3 is 2.65 bits per heavy atom. The number of ether oxygens (including phenoxy) is 2. The Bertz CT molecular complexity index is 625. The van der Waals surface area contributed by atoms with E-state index in [0.717, 1.165) is 5.56 Å². The van der Waals surface area contributed by atoms with Crippen LogP contribution in [0.5, 0.6) is 11.5 Å². The molecule has 2 aromatic rings. The summed E-state index contributed by atoms with van der Waals surface area (Å²) in [4.78, 5) is 14.9. The summed E-state index contributed by atoms with van der Waals surface area (Å²) in [6.45, 7) is 0. The van der Waals surface area contributed by atoms with Gasteiger partial charge in [0.25, 0.3) is 0 Å². The van der Waals surface area contributed by atoms with Gasteiger partial charge in [-0.15, -0.1) is 0 Å². The minimum Gasteiger partial charge on any atom is -0.493 e. The van der Waals surface area contributed by atoms with Crippen molar-refractivity contribution in [1.29, 1.82) is 0 Å². The Morgan fingerprint density at radius 1 is 1.35 bits per heavy atom. The summed E-state index contributed by atoms with van der Waals surface area (Å²) in [5.41, 5.74) is 1.23. The van der Waals surface area contributed by atoms with Crippen LogP contribution in [-0.4, -0.2) is 30.3 Å². The minimum absolute atomic E-state index is 0.0330. The molecule has 0 aliphatic carbocycles. The molecule has 0 fully saturated rings. The largest absolute Gasteiger partial charge is 0.493 e. The minimum atomic E-state index is -1.12. The topological polar surface area (TPSA) is 81.8 Å². The lowest BCUT2D eigenvalue weighted by molar-refractivity contribution is -0.136. The molecule has 0 aliphatic heterocycles. The Morgan fingerprint density at radius 2 is 2.05 bits per heavy atom. The molecule has 1 aromatic carbocycles. The molecule has 20 heavy (non-hydrogen) atoms. The average molecular weight is 295 g/mol. The molecule has 0 saturated carbocycles. The van der Waals surface area contributed by atoms with Gasteiger partial charge in [0, 0.05) is 5.56 Å². The fraction of sp³-hybridized carbons (Fsp3) is 0.231. The zero-order chi connectivity index (χ0) is 14.7. The van der Waals surface area contributed by atoms with E-state index >= 15 is 0 Å². The van der Waals surface area contributed by atoms with Crippen molar-refractivity contribution in [3.8, 4) is 22.8 Å². The molecule has 1 heterocycles. The number of carboxylic acids is 1. The van der Waals surface area contributed by atoms with Crippen LogP contribution in [0, 0.1) is 0 Å². The fourth-order valence-corrected chi connectivity index (χ4v) is 1.77. The predicted molar refractivity (Wildman–Crippen MR) is 74.4 cm³/mol. The number of thiol groups is 1. The number of rotatable bonds is 5. The first-order valence-corrected chi connectivity index (χ1v) is 6.17. The Balaban J connectivity index is 2.35. The first kappa shape index (κ1) is 14.3. The molecular weight excluding hydrogens is 282 g/mol. The van der Waals surface area contributed by atoms with Gasteiger partial charge in [0.15, 0.2) is 16.7 Å². The van der Waals surface area contributed by atoms with Crippen LogP contribution >= 0.6 is 12.6 Å². The van der Waals surface area contributed by atoms with E-state index in [1.807, 2.05) is 0 Å². The molecule has 0 amide bonds. The molecule has 1 N–H and O–H groups in total. The maximum absolute atomic E-state index is 10.8. The number of oxazole rings is 1. The zero-order valence-electron chi connectivity index (χ0n) is 10.9. The SMILES string of the molecule is COc1ccc(-c2coc(C(S)C(=O)O)n2)cc1OC. The Kier molecular flexibility index (Phi) is 4.19. The van der Waals surface area contributed by atoms with Gasteiger partial charge in [-0.2, -0.15) is 12.6 Å². The van der Waals surface area contributed by atoms with E-state index in [1.54, 1.807) is 25.3 Å². The van der Waals surface area contributed by atoms with Gasteiger partial charge in [-0.05, 0) is 18.2 Å². The van der Waals surface area contributed by atoms with E-state index in [9.17, 15) is 4.79 Å². The van der Waals surface area contributed by atoms with Gasteiger partial charge in [0.05, 0.1) is 14.2 Å². The van der Waals surface area contributed by atoms with Crippen molar-refractivity contribution in [3.05, 3.63) is 30.4 Å². The van der Waals surface area contributed by atoms with Crippen molar-refractivity contribution < 1.29 is 23.8 Å². The van der Waals surface area contributed by atoms with Crippen LogP contribution in [0.15, 0.2) is 28.9 Å². The number of aliphatic carboxylic acids is 1. The van der Waals surface area contributed by atoms with Crippen LogP contribution in [0.4, 0.5) is 0 Å². The number of benzene rings is 1. The number of carbonyl (C=O) groups is 1. The van der Waals surface area contributed by atoms with Crippen LogP contribution in [0.2, 0.25) is 0 Å². The summed E-state index contributed by atoms with van der Waals surface area (Å²) in [5.74, 6) is 0.0625. The molecule has 0 radical (unpaired) electrons.